The number of amides is 2. The maximum absolute atomic E-state index is 13.5. The summed E-state index contributed by atoms with van der Waals surface area (Å²) < 4.78 is 22.6. The summed E-state index contributed by atoms with van der Waals surface area (Å²) in [6.07, 6.45) is 1.35. The van der Waals surface area contributed by atoms with Crippen molar-refractivity contribution in [2.45, 2.75) is 50.4 Å². The number of hydrogen-bond acceptors (Lipinski definition) is 9. The Kier molecular flexibility index (Phi) is 10.1. The zero-order valence-electron chi connectivity index (χ0n) is 24.3. The second kappa shape index (κ2) is 13.7. The average molecular weight is 583 g/mol. The van der Waals surface area contributed by atoms with Crippen molar-refractivity contribution in [3.05, 3.63) is 58.7 Å². The van der Waals surface area contributed by atoms with E-state index in [1.165, 1.54) is 13.2 Å². The Balaban J connectivity index is 1.77. The number of ether oxygens (including phenoxy) is 4. The lowest BCUT2D eigenvalue weighted by molar-refractivity contribution is -0.137. The van der Waals surface area contributed by atoms with Crippen LogP contribution in [0.2, 0.25) is 0 Å². The molecule has 0 aromatic heterocycles. The van der Waals surface area contributed by atoms with Crippen molar-refractivity contribution in [3.8, 4) is 23.0 Å². The molecule has 0 saturated heterocycles. The van der Waals surface area contributed by atoms with Crippen LogP contribution < -0.4 is 24.3 Å². The summed E-state index contributed by atoms with van der Waals surface area (Å²) in [7, 11) is 4.57. The summed E-state index contributed by atoms with van der Waals surface area (Å²) in [6, 6.07) is 7.66. The second-order valence-electron chi connectivity index (χ2n) is 10.2. The minimum absolute atomic E-state index is 0.0142. The van der Waals surface area contributed by atoms with Crippen molar-refractivity contribution in [2.75, 3.05) is 41.0 Å². The fourth-order valence-electron chi connectivity index (χ4n) is 5.67. The van der Waals surface area contributed by atoms with Crippen LogP contribution in [0.3, 0.4) is 0 Å². The summed E-state index contributed by atoms with van der Waals surface area (Å²) in [4.78, 5) is 40.2. The number of fused-ring (bicyclic) bond motifs is 3. The van der Waals surface area contributed by atoms with E-state index < -0.39 is 30.1 Å². The lowest BCUT2D eigenvalue weighted by atomic mass is 9.77. The van der Waals surface area contributed by atoms with E-state index in [1.807, 2.05) is 13.0 Å². The third kappa shape index (κ3) is 6.07. The standard InChI is InChI=1S/C31H38N2O9/c1-5-6-26(36)33(11-9-19-15-20(39-2)7-8-24(19)40-3)23-16-22(31(38)32-10-12-34)27-21-13-18(17-35)14-25(41-4)29(21)42-30(27)28(23)37/h7-8,13-17,23,27-28,30,34,37H,5-6,9-12H2,1-4H3,(H,32,38). The third-order valence-electron chi connectivity index (χ3n) is 7.66. The van der Waals surface area contributed by atoms with Gasteiger partial charge in [-0.2, -0.15) is 0 Å². The Labute approximate surface area is 245 Å². The maximum atomic E-state index is 13.5. The molecule has 1 aliphatic carbocycles. The molecular weight excluding hydrogens is 544 g/mol. The molecule has 4 atom stereocenters. The number of methoxy groups -OCH3 is 3. The Morgan fingerprint density at radius 1 is 1.10 bits per heavy atom. The van der Waals surface area contributed by atoms with Gasteiger partial charge in [0.15, 0.2) is 11.5 Å². The van der Waals surface area contributed by atoms with Crippen molar-refractivity contribution in [3.63, 3.8) is 0 Å². The van der Waals surface area contributed by atoms with Gasteiger partial charge in [-0.3, -0.25) is 14.4 Å². The van der Waals surface area contributed by atoms with E-state index in [9.17, 15) is 24.6 Å². The van der Waals surface area contributed by atoms with E-state index in [2.05, 4.69) is 5.32 Å². The zero-order valence-corrected chi connectivity index (χ0v) is 24.3. The molecule has 226 valence electrons. The lowest BCUT2D eigenvalue weighted by Gasteiger charge is -2.41. The van der Waals surface area contributed by atoms with E-state index in [0.717, 1.165) is 5.56 Å². The first-order valence-corrected chi connectivity index (χ1v) is 13.9. The lowest BCUT2D eigenvalue weighted by Crippen LogP contribution is -2.56. The molecule has 2 aliphatic rings. The minimum atomic E-state index is -1.21. The number of nitrogens with zero attached hydrogens (tertiary/aromatic N) is 1. The number of nitrogens with one attached hydrogen (secondary N) is 1. The molecule has 2 amide bonds. The van der Waals surface area contributed by atoms with Crippen molar-refractivity contribution < 1.29 is 43.5 Å². The number of hydrogen-bond donors (Lipinski definition) is 3. The molecule has 1 heterocycles. The maximum Gasteiger partial charge on any atom is 0.247 e. The third-order valence-corrected chi connectivity index (χ3v) is 7.66. The predicted molar refractivity (Wildman–Crippen MR) is 153 cm³/mol. The van der Waals surface area contributed by atoms with Crippen LogP contribution in [0.5, 0.6) is 23.0 Å². The Bertz CT molecular complexity index is 1340. The van der Waals surface area contributed by atoms with Crippen LogP contribution in [-0.4, -0.2) is 92.5 Å². The highest BCUT2D eigenvalue weighted by molar-refractivity contribution is 5.96. The monoisotopic (exact) mass is 582 g/mol. The molecule has 4 unspecified atom stereocenters. The summed E-state index contributed by atoms with van der Waals surface area (Å²) in [5, 5.41) is 23.8. The highest BCUT2D eigenvalue weighted by Crippen LogP contribution is 2.51. The SMILES string of the molecule is CCCC(=O)N(CCc1cc(OC)ccc1OC)C1C=C(C(=O)NCCO)C2c3cc(C=O)cc(OC)c3OC2C1O. The highest BCUT2D eigenvalue weighted by Gasteiger charge is 2.51. The topological polar surface area (TPSA) is 144 Å². The Hall–Kier alpha value is -4.09. The van der Waals surface area contributed by atoms with Gasteiger partial charge >= 0.3 is 0 Å². The molecule has 0 fully saturated rings. The molecule has 2 aromatic carbocycles. The molecule has 0 saturated carbocycles. The van der Waals surface area contributed by atoms with Crippen LogP contribution in [0.1, 0.15) is 47.2 Å². The van der Waals surface area contributed by atoms with Gasteiger partial charge in [-0.05, 0) is 54.8 Å². The quantitative estimate of drug-likeness (QED) is 0.302. The fourth-order valence-corrected chi connectivity index (χ4v) is 5.67. The molecule has 0 spiro atoms. The summed E-state index contributed by atoms with van der Waals surface area (Å²) in [6.45, 7) is 1.86. The average Bonchev–Trinajstić information content (AvgIpc) is 3.40. The predicted octanol–water partition coefficient (Wildman–Crippen LogP) is 2.02. The fraction of sp³-hybridized carbons (Fsp3) is 0.452. The summed E-state index contributed by atoms with van der Waals surface area (Å²) in [5.41, 5.74) is 1.93. The van der Waals surface area contributed by atoms with Crippen molar-refractivity contribution in [1.29, 1.82) is 0 Å². The Morgan fingerprint density at radius 2 is 1.86 bits per heavy atom. The van der Waals surface area contributed by atoms with Crippen LogP contribution in [0.4, 0.5) is 0 Å². The van der Waals surface area contributed by atoms with Gasteiger partial charge in [-0.1, -0.05) is 6.92 Å². The van der Waals surface area contributed by atoms with E-state index in [4.69, 9.17) is 18.9 Å². The molecule has 0 radical (unpaired) electrons. The molecular formula is C31H38N2O9. The van der Waals surface area contributed by atoms with Gasteiger partial charge in [0.2, 0.25) is 11.8 Å². The summed E-state index contributed by atoms with van der Waals surface area (Å²) >= 11 is 0. The number of carbonyl (C=O) groups excluding carboxylic acids is 3. The van der Waals surface area contributed by atoms with Gasteiger partial charge < -0.3 is 39.4 Å². The van der Waals surface area contributed by atoms with Gasteiger partial charge in [0, 0.05) is 36.2 Å². The smallest absolute Gasteiger partial charge is 0.247 e. The first kappa shape index (κ1) is 30.9. The van der Waals surface area contributed by atoms with Crippen LogP contribution in [0.25, 0.3) is 0 Å². The van der Waals surface area contributed by atoms with Crippen molar-refractivity contribution in [2.24, 2.45) is 0 Å². The molecule has 1 aliphatic heterocycles. The first-order chi connectivity index (χ1) is 20.3. The van der Waals surface area contributed by atoms with Crippen molar-refractivity contribution in [1.82, 2.24) is 10.2 Å². The van der Waals surface area contributed by atoms with Crippen LogP contribution in [-0.2, 0) is 16.0 Å². The molecule has 11 nitrogen and oxygen atoms in total. The molecule has 0 bridgehead atoms. The molecule has 4 rings (SSSR count). The Morgan fingerprint density at radius 3 is 2.50 bits per heavy atom. The largest absolute Gasteiger partial charge is 0.497 e. The highest BCUT2D eigenvalue weighted by atomic mass is 16.5. The van der Waals surface area contributed by atoms with Crippen LogP contribution >= 0.6 is 0 Å². The van der Waals surface area contributed by atoms with E-state index in [1.54, 1.807) is 43.4 Å². The van der Waals surface area contributed by atoms with Crippen molar-refractivity contribution >= 4 is 18.1 Å². The molecule has 11 heteroatoms. The number of aliphatic hydroxyl groups excluding tert-OH is 2. The number of carbonyl (C=O) groups is 3. The van der Waals surface area contributed by atoms with E-state index >= 15 is 0 Å². The molecule has 3 N–H and O–H groups in total. The second-order valence-corrected chi connectivity index (χ2v) is 10.2. The molecule has 2 aromatic rings. The van der Waals surface area contributed by atoms with Gasteiger partial charge in [0.05, 0.1) is 39.9 Å². The van der Waals surface area contributed by atoms with E-state index in [-0.39, 0.29) is 37.6 Å². The minimum Gasteiger partial charge on any atom is -0.497 e. The number of rotatable bonds is 13. The van der Waals surface area contributed by atoms with Gasteiger partial charge in [0.1, 0.15) is 30.0 Å². The number of aliphatic hydroxyl groups is 2. The van der Waals surface area contributed by atoms with Gasteiger partial charge in [-0.15, -0.1) is 0 Å². The first-order valence-electron chi connectivity index (χ1n) is 13.9. The summed E-state index contributed by atoms with van der Waals surface area (Å²) in [5.74, 6) is 0.500. The van der Waals surface area contributed by atoms with E-state index in [0.29, 0.717) is 53.3 Å². The number of benzene rings is 2. The molecule has 42 heavy (non-hydrogen) atoms. The van der Waals surface area contributed by atoms with Crippen LogP contribution in [0.15, 0.2) is 42.0 Å². The normalized spacial score (nSPS) is 20.4. The number of aldehydes is 1. The van der Waals surface area contributed by atoms with Gasteiger partial charge in [0.25, 0.3) is 0 Å². The van der Waals surface area contributed by atoms with Gasteiger partial charge in [-0.25, -0.2) is 0 Å². The van der Waals surface area contributed by atoms with Crippen LogP contribution in [0, 0.1) is 0 Å². The zero-order chi connectivity index (χ0) is 30.4.